The van der Waals surface area contributed by atoms with Crippen LogP contribution in [0.15, 0.2) is 45.5 Å². The lowest BCUT2D eigenvalue weighted by Crippen LogP contribution is -2.44. The molecule has 2 N–H and O–H groups in total. The third kappa shape index (κ3) is 5.62. The van der Waals surface area contributed by atoms with E-state index in [0.29, 0.717) is 45.3 Å². The number of nitrogens with zero attached hydrogens (tertiary/aromatic N) is 6. The minimum atomic E-state index is -0.651. The van der Waals surface area contributed by atoms with E-state index in [2.05, 4.69) is 4.90 Å². The molecule has 0 bridgehead atoms. The van der Waals surface area contributed by atoms with Crippen molar-refractivity contribution in [1.29, 1.82) is 0 Å². The molecule has 2 fully saturated rings. The van der Waals surface area contributed by atoms with Gasteiger partial charge >= 0.3 is 5.69 Å². The molecule has 2 aromatic heterocycles. The van der Waals surface area contributed by atoms with Crippen LogP contribution >= 0.6 is 0 Å². The van der Waals surface area contributed by atoms with E-state index in [9.17, 15) is 19.2 Å². The number of benzene rings is 1. The van der Waals surface area contributed by atoms with Crippen molar-refractivity contribution < 1.29 is 14.3 Å². The molecule has 0 radical (unpaired) electrons. The highest BCUT2D eigenvalue weighted by molar-refractivity contribution is 6.08. The van der Waals surface area contributed by atoms with E-state index < -0.39 is 23.6 Å². The van der Waals surface area contributed by atoms with Gasteiger partial charge in [-0.2, -0.15) is 4.98 Å². The molecule has 1 aromatic carbocycles. The molecule has 0 spiro atoms. The van der Waals surface area contributed by atoms with Crippen molar-refractivity contribution in [3.63, 3.8) is 0 Å². The molecular weight excluding hydrogens is 526 g/mol. The van der Waals surface area contributed by atoms with Crippen LogP contribution in [0.1, 0.15) is 47.4 Å². The number of allylic oxidation sites excluding steroid dienone is 2. The number of Topliss-reactive ketones (excluding diaryl/α,β-unsaturated/α-hetero) is 1. The zero-order chi connectivity index (χ0) is 29.3. The number of rotatable bonds is 7. The summed E-state index contributed by atoms with van der Waals surface area (Å²) in [5, 5.41) is 0. The predicted molar refractivity (Wildman–Crippen MR) is 156 cm³/mol. The smallest absolute Gasteiger partial charge is 0.332 e. The number of amides is 1. The van der Waals surface area contributed by atoms with Crippen LogP contribution in [0.4, 0.5) is 5.95 Å². The Morgan fingerprint density at radius 3 is 2.46 bits per heavy atom. The monoisotopic (exact) mass is 563 g/mol. The highest BCUT2D eigenvalue weighted by atomic mass is 16.5. The summed E-state index contributed by atoms with van der Waals surface area (Å²) in [5.74, 6) is -0.208. The fraction of sp³-hybridized carbons (Fsp3) is 0.483. The normalized spacial score (nSPS) is 17.6. The number of ketones is 1. The lowest BCUT2D eigenvalue weighted by atomic mass is 10.0. The van der Waals surface area contributed by atoms with Gasteiger partial charge in [0, 0.05) is 51.4 Å². The Morgan fingerprint density at radius 1 is 1.07 bits per heavy atom. The average Bonchev–Trinajstić information content (AvgIpc) is 3.37. The van der Waals surface area contributed by atoms with Gasteiger partial charge in [0.05, 0.1) is 25.3 Å². The largest absolute Gasteiger partial charge is 0.378 e. The molecule has 0 saturated carbocycles. The van der Waals surface area contributed by atoms with Crippen LogP contribution in [0.3, 0.4) is 0 Å². The fourth-order valence-electron chi connectivity index (χ4n) is 5.46. The Labute approximate surface area is 237 Å². The molecule has 12 nitrogen and oxygen atoms in total. The number of carbonyl (C=O) groups excluding carboxylic acids is 2. The molecule has 2 aliphatic rings. The van der Waals surface area contributed by atoms with Crippen molar-refractivity contribution in [2.45, 2.75) is 45.8 Å². The Kier molecular flexibility index (Phi) is 8.22. The number of morpholine rings is 1. The second-order valence-corrected chi connectivity index (χ2v) is 10.9. The van der Waals surface area contributed by atoms with Gasteiger partial charge in [-0.1, -0.05) is 29.8 Å². The molecule has 0 aliphatic carbocycles. The van der Waals surface area contributed by atoms with Gasteiger partial charge < -0.3 is 24.8 Å². The highest BCUT2D eigenvalue weighted by Crippen LogP contribution is 2.23. The summed E-state index contributed by atoms with van der Waals surface area (Å²) in [4.78, 5) is 62.7. The van der Waals surface area contributed by atoms with E-state index in [4.69, 9.17) is 15.5 Å². The average molecular weight is 564 g/mol. The third-order valence-corrected chi connectivity index (χ3v) is 7.69. The van der Waals surface area contributed by atoms with Gasteiger partial charge in [0.2, 0.25) is 5.95 Å². The molecule has 12 heteroatoms. The fourth-order valence-corrected chi connectivity index (χ4v) is 5.46. The number of anilines is 1. The van der Waals surface area contributed by atoms with Gasteiger partial charge in [-0.3, -0.25) is 23.5 Å². The van der Waals surface area contributed by atoms with Crippen molar-refractivity contribution in [2.24, 2.45) is 12.8 Å². The van der Waals surface area contributed by atoms with Gasteiger partial charge in [-0.05, 0) is 32.8 Å². The van der Waals surface area contributed by atoms with Crippen molar-refractivity contribution >= 4 is 28.8 Å². The number of hydrogen-bond acceptors (Lipinski definition) is 8. The molecule has 2 saturated heterocycles. The highest BCUT2D eigenvalue weighted by Gasteiger charge is 2.28. The number of nitrogens with two attached hydrogens (primary N) is 1. The Balaban J connectivity index is 1.58. The van der Waals surface area contributed by atoms with Crippen molar-refractivity contribution in [1.82, 2.24) is 23.6 Å². The first-order valence-electron chi connectivity index (χ1n) is 14.0. The van der Waals surface area contributed by atoms with Crippen LogP contribution in [-0.4, -0.2) is 80.7 Å². The number of fused-ring (bicyclic) bond motifs is 1. The number of imidazole rings is 1. The zero-order valence-electron chi connectivity index (χ0n) is 23.8. The molecule has 5 rings (SSSR count). The lowest BCUT2D eigenvalue weighted by Gasteiger charge is -2.31. The summed E-state index contributed by atoms with van der Waals surface area (Å²) < 4.78 is 9.39. The van der Waals surface area contributed by atoms with Crippen LogP contribution in [0.2, 0.25) is 0 Å². The topological polar surface area (TPSA) is 138 Å². The van der Waals surface area contributed by atoms with Crippen molar-refractivity contribution in [2.75, 3.05) is 44.3 Å². The van der Waals surface area contributed by atoms with Gasteiger partial charge in [-0.15, -0.1) is 0 Å². The Hall–Kier alpha value is -4.03. The quantitative estimate of drug-likeness (QED) is 0.334. The minimum absolute atomic E-state index is 0.0150. The van der Waals surface area contributed by atoms with Crippen LogP contribution in [0.5, 0.6) is 0 Å². The summed E-state index contributed by atoms with van der Waals surface area (Å²) in [5.41, 5.74) is 6.96. The zero-order valence-corrected chi connectivity index (χ0v) is 23.8. The van der Waals surface area contributed by atoms with E-state index in [1.54, 1.807) is 40.8 Å². The first-order chi connectivity index (χ1) is 19.7. The molecule has 218 valence electrons. The number of carbonyl (C=O) groups is 2. The second-order valence-electron chi connectivity index (χ2n) is 10.9. The van der Waals surface area contributed by atoms with Crippen molar-refractivity contribution in [3.05, 3.63) is 67.9 Å². The van der Waals surface area contributed by atoms with Gasteiger partial charge in [0.25, 0.3) is 11.5 Å². The summed E-state index contributed by atoms with van der Waals surface area (Å²) in [7, 11) is 1.55. The number of aromatic nitrogens is 4. The minimum Gasteiger partial charge on any atom is -0.378 e. The summed E-state index contributed by atoms with van der Waals surface area (Å²) in [6.45, 7) is 6.85. The van der Waals surface area contributed by atoms with Crippen LogP contribution < -0.4 is 21.9 Å². The maximum atomic E-state index is 13.9. The molecular formula is C29H37N7O5. The standard InChI is InChI=1S/C29H37N7O5/c1-19(2)10-12-35-24-25(31-28(35)34-11-6-7-20(30)17-34)32(3)29(40)36(27(24)39)18-23(37)21-8-4-5-9-22(21)26(38)33-13-15-41-16-14-33/h4-5,8-10,20H,6-7,11-18,30H2,1-3H3. The van der Waals surface area contributed by atoms with Crippen LogP contribution in [0, 0.1) is 0 Å². The Morgan fingerprint density at radius 2 is 1.78 bits per heavy atom. The summed E-state index contributed by atoms with van der Waals surface area (Å²) in [6, 6.07) is 6.49. The van der Waals surface area contributed by atoms with Crippen LogP contribution in [0.25, 0.3) is 11.2 Å². The number of aryl methyl sites for hydroxylation is 1. The SMILES string of the molecule is CC(C)=CCn1c(N2CCCC(N)C2)nc2c1c(=O)n(CC(=O)c1ccccc1C(=O)N1CCOCC1)c(=O)n2C. The number of hydrogen-bond donors (Lipinski definition) is 1. The first-order valence-corrected chi connectivity index (χ1v) is 14.0. The van der Waals surface area contributed by atoms with E-state index in [-0.39, 0.29) is 34.2 Å². The third-order valence-electron chi connectivity index (χ3n) is 7.69. The molecule has 4 heterocycles. The summed E-state index contributed by atoms with van der Waals surface area (Å²) in [6.07, 6.45) is 3.79. The molecule has 3 aromatic rings. The molecule has 1 unspecified atom stereocenters. The van der Waals surface area contributed by atoms with Crippen molar-refractivity contribution in [3.8, 4) is 0 Å². The van der Waals surface area contributed by atoms with E-state index >= 15 is 0 Å². The molecule has 2 aliphatic heterocycles. The van der Waals surface area contributed by atoms with Gasteiger partial charge in [0.15, 0.2) is 16.9 Å². The number of piperidine rings is 1. The van der Waals surface area contributed by atoms with Crippen LogP contribution in [-0.2, 0) is 24.9 Å². The number of ether oxygens (including phenoxy) is 1. The lowest BCUT2D eigenvalue weighted by molar-refractivity contribution is 0.0302. The molecule has 1 amide bonds. The molecule has 1 atom stereocenters. The molecule has 41 heavy (non-hydrogen) atoms. The Bertz CT molecular complexity index is 1620. The van der Waals surface area contributed by atoms with Gasteiger partial charge in [0.1, 0.15) is 0 Å². The van der Waals surface area contributed by atoms with E-state index in [1.807, 2.05) is 19.9 Å². The van der Waals surface area contributed by atoms with Gasteiger partial charge in [-0.25, -0.2) is 4.79 Å². The summed E-state index contributed by atoms with van der Waals surface area (Å²) >= 11 is 0. The first kappa shape index (κ1) is 28.5. The predicted octanol–water partition coefficient (Wildman–Crippen LogP) is 1.15. The van der Waals surface area contributed by atoms with E-state index in [0.717, 1.165) is 29.5 Å². The maximum Gasteiger partial charge on any atom is 0.332 e. The van der Waals surface area contributed by atoms with E-state index in [1.165, 1.54) is 4.57 Å². The maximum absolute atomic E-state index is 13.9. The second kappa shape index (κ2) is 11.8.